The first-order valence-electron chi connectivity index (χ1n) is 39.8. The Kier molecular flexibility index (Phi) is 24.8. The number of quaternary nitrogens is 2. The predicted molar refractivity (Wildman–Crippen MR) is 428 cm³/mol. The molecule has 6 bridgehead atoms. The number of allylic oxidation sites excluding steroid dienone is 2. The van der Waals surface area contributed by atoms with Gasteiger partial charge in [-0.25, -0.2) is 16.8 Å². The molecule has 0 spiro atoms. The van der Waals surface area contributed by atoms with Crippen LogP contribution < -0.4 is 28.7 Å². The Morgan fingerprint density at radius 1 is 0.434 bits per heavy atom. The zero-order valence-electron chi connectivity index (χ0n) is 66.1. The molecule has 4 heterocycles. The molecule has 0 amide bonds. The summed E-state index contributed by atoms with van der Waals surface area (Å²) in [6.07, 6.45) is 13.1. The fourth-order valence-corrected chi connectivity index (χ4v) is 24.2. The molecule has 113 heavy (non-hydrogen) atoms. The van der Waals surface area contributed by atoms with Crippen molar-refractivity contribution in [3.63, 3.8) is 0 Å². The van der Waals surface area contributed by atoms with Crippen molar-refractivity contribution in [2.45, 2.75) is 164 Å². The van der Waals surface area contributed by atoms with E-state index in [4.69, 9.17) is 23.5 Å². The summed E-state index contributed by atoms with van der Waals surface area (Å²) in [5.41, 5.74) is 6.59. The highest BCUT2D eigenvalue weighted by Gasteiger charge is 2.67. The van der Waals surface area contributed by atoms with Gasteiger partial charge in [-0.2, -0.15) is 8.42 Å². The molecular formula is C88H110N2O20S3. The summed E-state index contributed by atoms with van der Waals surface area (Å²) in [7, 11) is -12.7. The molecule has 0 aromatic heterocycles. The number of phenols is 4. The van der Waals surface area contributed by atoms with Crippen molar-refractivity contribution in [3.8, 4) is 46.0 Å². The lowest BCUT2D eigenvalue weighted by Gasteiger charge is -2.37. The van der Waals surface area contributed by atoms with E-state index in [2.05, 4.69) is 38.1 Å². The maximum absolute atomic E-state index is 11.9. The predicted octanol–water partition coefficient (Wildman–Crippen LogP) is 12.3. The molecule has 6 saturated carbocycles. The van der Waals surface area contributed by atoms with Crippen LogP contribution in [0.2, 0.25) is 0 Å². The third-order valence-corrected chi connectivity index (χ3v) is 30.1. The van der Waals surface area contributed by atoms with E-state index in [1.54, 1.807) is 58.3 Å². The standard InChI is InChI=1S/2C29H31NO4.3C10H16O4S/c2*1-20-26-14-11-24(32)19-27(26)34-29(28(20)21-5-9-23(31)10-6-21)22-7-12-25(13-8-22)33-18-17-30-15-3-2-4-16-30;3*1-9(2)7-3-4-10(9,8(11)5-7)6-15(12,13)14/h2*5-14,19,29,31-32H,2-4,15-18H2,1H3;3*7H,3-6H2,1-2H3,(H,12,13,14)/t29-;;;;/m0..../s1. The number of carbonyl (C=O) groups is 3. The van der Waals surface area contributed by atoms with Crippen molar-refractivity contribution < 1.29 is 102 Å². The first kappa shape index (κ1) is 84.3. The lowest BCUT2D eigenvalue weighted by atomic mass is 9.70. The first-order chi connectivity index (χ1) is 53.2. The van der Waals surface area contributed by atoms with E-state index in [0.29, 0.717) is 50.0 Å². The van der Waals surface area contributed by atoms with E-state index >= 15 is 0 Å². The topological polar surface area (TPSA) is 347 Å². The van der Waals surface area contributed by atoms with Crippen LogP contribution >= 0.6 is 0 Å². The van der Waals surface area contributed by atoms with E-state index in [9.17, 15) is 69.2 Å². The third-order valence-electron chi connectivity index (χ3n) is 27.5. The summed E-state index contributed by atoms with van der Waals surface area (Å²) < 4.78 is 121. The fourth-order valence-electron chi connectivity index (χ4n) is 20.3. The van der Waals surface area contributed by atoms with Crippen molar-refractivity contribution in [1.82, 2.24) is 0 Å². The number of Topliss-reactive ketones (excluding diaryl/α,β-unsaturated/α-hetero) is 3. The number of phenolic OH excluding ortho intramolecular Hbond substituents is 4. The summed E-state index contributed by atoms with van der Waals surface area (Å²) in [6.45, 7) is 24.3. The maximum Gasteiger partial charge on any atom is 0.265 e. The molecule has 16 rings (SSSR count). The molecule has 6 aromatic rings. The monoisotopic (exact) mass is 1610 g/mol. The third kappa shape index (κ3) is 18.0. The molecule has 10 aliphatic rings. The van der Waals surface area contributed by atoms with Crippen LogP contribution in [0.25, 0.3) is 22.3 Å². The average molecular weight is 1610 g/mol. The van der Waals surface area contributed by atoms with Gasteiger partial charge in [0.2, 0.25) is 0 Å². The van der Waals surface area contributed by atoms with Gasteiger partial charge in [-0.05, 0) is 231 Å². The molecule has 6 aliphatic carbocycles. The maximum atomic E-state index is 11.9. The molecule has 4 aliphatic heterocycles. The summed E-state index contributed by atoms with van der Waals surface area (Å²) in [4.78, 5) is 38.8. The van der Waals surface area contributed by atoms with E-state index in [1.165, 1.54) is 64.7 Å². The van der Waals surface area contributed by atoms with E-state index in [1.807, 2.05) is 102 Å². The molecule has 8 atom stereocenters. The minimum atomic E-state index is -4.33. The Labute approximate surface area is 665 Å². The molecule has 610 valence electrons. The molecular weight excluding hydrogens is 1500 g/mol. The number of hydrogen-bond donors (Lipinski definition) is 7. The molecule has 2 saturated heterocycles. The van der Waals surface area contributed by atoms with Gasteiger partial charge in [0.05, 0.1) is 69.1 Å². The number of fused-ring (bicyclic) bond motifs is 8. The Bertz CT molecular complexity index is 4530. The lowest BCUT2D eigenvalue weighted by Crippen LogP contribution is -3.13. The van der Waals surface area contributed by atoms with E-state index in [0.717, 1.165) is 113 Å². The Balaban J connectivity index is 0.000000138. The average Bonchev–Trinajstić information content (AvgIpc) is 1.40. The van der Waals surface area contributed by atoms with Crippen molar-refractivity contribution in [3.05, 3.63) is 167 Å². The van der Waals surface area contributed by atoms with Crippen molar-refractivity contribution in [2.75, 3.05) is 69.7 Å². The Morgan fingerprint density at radius 2 is 0.743 bits per heavy atom. The number of aromatic hydroxyl groups is 4. The minimum Gasteiger partial charge on any atom is -0.748 e. The molecule has 25 heteroatoms. The minimum absolute atomic E-state index is 0.0152. The van der Waals surface area contributed by atoms with Gasteiger partial charge in [-0.15, -0.1) is 0 Å². The van der Waals surface area contributed by atoms with Crippen LogP contribution in [0.4, 0.5) is 0 Å². The normalized spacial score (nSPS) is 26.4. The second-order valence-corrected chi connectivity index (χ2v) is 38.9. The molecule has 7 N–H and O–H groups in total. The van der Waals surface area contributed by atoms with Gasteiger partial charge in [-0.3, -0.25) is 18.9 Å². The number of hydrogen-bond acceptors (Lipinski definition) is 19. The molecule has 22 nitrogen and oxygen atoms in total. The molecule has 0 radical (unpaired) electrons. The van der Waals surface area contributed by atoms with Crippen molar-refractivity contribution in [1.29, 1.82) is 0 Å². The van der Waals surface area contributed by atoms with E-state index < -0.39 is 63.9 Å². The second-order valence-electron chi connectivity index (χ2n) is 34.6. The number of likely N-dealkylation sites (tertiary alicyclic amines) is 2. The Hall–Kier alpha value is -8.14. The summed E-state index contributed by atoms with van der Waals surface area (Å²) in [5.74, 6) is 3.20. The number of ether oxygens (including phenoxy) is 4. The second kappa shape index (κ2) is 33.2. The number of piperidine rings is 2. The molecule has 8 fully saturated rings. The van der Waals surface area contributed by atoms with Gasteiger partial charge in [0, 0.05) is 64.5 Å². The zero-order chi connectivity index (χ0) is 81.4. The highest BCUT2D eigenvalue weighted by Crippen LogP contribution is 2.67. The highest BCUT2D eigenvalue weighted by atomic mass is 32.2. The van der Waals surface area contributed by atoms with Gasteiger partial charge >= 0.3 is 0 Å². The number of ketones is 3. The van der Waals surface area contributed by atoms with Gasteiger partial charge in [-0.1, -0.05) is 90.1 Å². The largest absolute Gasteiger partial charge is 0.748 e. The van der Waals surface area contributed by atoms with Crippen LogP contribution in [0.5, 0.6) is 46.0 Å². The molecule has 6 aromatic carbocycles. The van der Waals surface area contributed by atoms with Crippen LogP contribution in [0.3, 0.4) is 0 Å². The van der Waals surface area contributed by atoms with Gasteiger partial charge in [0.25, 0.3) is 10.1 Å². The van der Waals surface area contributed by atoms with Gasteiger partial charge in [0.1, 0.15) is 102 Å². The highest BCUT2D eigenvalue weighted by molar-refractivity contribution is 7.86. The molecule has 7 unspecified atom stereocenters. The van der Waals surface area contributed by atoms with Crippen LogP contribution in [-0.4, -0.2) is 146 Å². The van der Waals surface area contributed by atoms with Crippen LogP contribution in [0.1, 0.15) is 197 Å². The zero-order valence-corrected chi connectivity index (χ0v) is 68.5. The van der Waals surface area contributed by atoms with Crippen LogP contribution in [-0.2, 0) is 44.7 Å². The summed E-state index contributed by atoms with van der Waals surface area (Å²) in [6, 6.07) is 41.1. The number of nitrogens with one attached hydrogen (secondary N) is 2. The quantitative estimate of drug-likeness (QED) is 0.0393. The number of carbonyl (C=O) groups excluding carboxylic acids is 3. The van der Waals surface area contributed by atoms with Crippen LogP contribution in [0.15, 0.2) is 133 Å². The number of rotatable bonds is 18. The van der Waals surface area contributed by atoms with Crippen molar-refractivity contribution >= 4 is 70.0 Å². The number of benzene rings is 6. The summed E-state index contributed by atoms with van der Waals surface area (Å²) >= 11 is 0. The Morgan fingerprint density at radius 3 is 1.03 bits per heavy atom. The fraction of sp³-hybridized carbons (Fsp3) is 0.511. The first-order valence-corrected chi connectivity index (χ1v) is 44.6. The van der Waals surface area contributed by atoms with Gasteiger partial charge < -0.3 is 58.3 Å². The van der Waals surface area contributed by atoms with Gasteiger partial charge in [0.15, 0.2) is 0 Å². The van der Waals surface area contributed by atoms with Crippen molar-refractivity contribution in [2.24, 2.45) is 50.2 Å². The smallest absolute Gasteiger partial charge is 0.265 e. The SMILES string of the molecule is CC1(C)C2CCC1(CS(=O)(=O)O)C(=O)C2.CC1(C)C2CCC1(CS(=O)(=O)[O-])C(=O)C2.CC1(C)C2CCC1(CS(=O)(=O)[O-])C(=O)C2.CC1=C(c2ccc(O)cc2)C(c2ccc(OCC[NH+]3CCCCC3)cc2)Oc2cc(O)ccc21.CC1=C(c2ccc(O)cc2)[C@H](c2ccc(OCC[NH+]3CCCCC3)cc2)Oc2cc(O)ccc21. The lowest BCUT2D eigenvalue weighted by molar-refractivity contribution is -0.904. The summed E-state index contributed by atoms with van der Waals surface area (Å²) in [5, 5.41) is 39.6. The van der Waals surface area contributed by atoms with E-state index in [-0.39, 0.29) is 86.6 Å². The van der Waals surface area contributed by atoms with Crippen LogP contribution in [0, 0.1) is 50.2 Å².